The summed E-state index contributed by atoms with van der Waals surface area (Å²) in [6, 6.07) is 20.4. The molecule has 6 aromatic rings. The fourth-order valence-electron chi connectivity index (χ4n) is 4.91. The highest BCUT2D eigenvalue weighted by Crippen LogP contribution is 2.32. The van der Waals surface area contributed by atoms with Crippen LogP contribution in [0.15, 0.2) is 102 Å². The average molecular weight is 557 g/mol. The van der Waals surface area contributed by atoms with Crippen molar-refractivity contribution >= 4 is 16.8 Å². The molecule has 0 fully saturated rings. The molecule has 0 saturated heterocycles. The van der Waals surface area contributed by atoms with E-state index in [-0.39, 0.29) is 23.2 Å². The highest BCUT2D eigenvalue weighted by molar-refractivity contribution is 5.98. The zero-order valence-corrected chi connectivity index (χ0v) is 22.9. The van der Waals surface area contributed by atoms with Crippen LogP contribution in [-0.4, -0.2) is 25.7 Å². The number of ether oxygens (including phenoxy) is 1. The van der Waals surface area contributed by atoms with E-state index in [1.807, 2.05) is 25.1 Å². The van der Waals surface area contributed by atoms with Crippen LogP contribution >= 0.6 is 0 Å². The van der Waals surface area contributed by atoms with Crippen LogP contribution in [0.2, 0.25) is 0 Å². The first kappa shape index (κ1) is 26.7. The molecule has 2 aromatic carbocycles. The Morgan fingerprint density at radius 2 is 1.74 bits per heavy atom. The number of hydrogen-bond donors (Lipinski definition) is 1. The van der Waals surface area contributed by atoms with Crippen LogP contribution in [-0.2, 0) is 6.42 Å². The van der Waals surface area contributed by atoms with Gasteiger partial charge in [0.05, 0.1) is 11.1 Å². The second-order valence-corrected chi connectivity index (χ2v) is 9.92. The van der Waals surface area contributed by atoms with E-state index >= 15 is 0 Å². The lowest BCUT2D eigenvalue weighted by atomic mass is 9.98. The molecule has 42 heavy (non-hydrogen) atoms. The lowest BCUT2D eigenvalue weighted by Crippen LogP contribution is -2.20. The Morgan fingerprint density at radius 1 is 0.952 bits per heavy atom. The third-order valence-corrected chi connectivity index (χ3v) is 7.07. The van der Waals surface area contributed by atoms with E-state index in [0.717, 1.165) is 22.4 Å². The van der Waals surface area contributed by atoms with E-state index < -0.39 is 5.82 Å². The molecule has 0 unspecified atom stereocenters. The van der Waals surface area contributed by atoms with Crippen LogP contribution in [0.25, 0.3) is 33.3 Å². The number of H-pyrrole nitrogens is 1. The molecule has 0 atom stereocenters. The SMILES string of the molecule is Cc1nc2c(Oc3ccc(CC(=O)c4c[nH]c(C)c(-c5ccc(F)cc5)c4=O)cc3)ccnc2cc1-c1cccnc1. The molecule has 4 aromatic heterocycles. The predicted octanol–water partition coefficient (Wildman–Crippen LogP) is 7.02. The van der Waals surface area contributed by atoms with Crippen LogP contribution in [0.4, 0.5) is 4.39 Å². The van der Waals surface area contributed by atoms with Gasteiger partial charge in [0, 0.05) is 65.4 Å². The molecule has 0 aliphatic heterocycles. The Kier molecular flexibility index (Phi) is 7.10. The molecule has 8 heteroatoms. The van der Waals surface area contributed by atoms with Gasteiger partial charge in [0.25, 0.3) is 0 Å². The third-order valence-electron chi connectivity index (χ3n) is 7.07. The number of fused-ring (bicyclic) bond motifs is 1. The van der Waals surface area contributed by atoms with Gasteiger partial charge in [-0.25, -0.2) is 9.37 Å². The molecule has 206 valence electrons. The number of Topliss-reactive ketones (excluding diaryl/α,β-unsaturated/α-hetero) is 1. The van der Waals surface area contributed by atoms with E-state index in [1.165, 1.54) is 30.5 Å². The lowest BCUT2D eigenvalue weighted by molar-refractivity contribution is 0.0991. The minimum Gasteiger partial charge on any atom is -0.455 e. The molecule has 0 aliphatic carbocycles. The Hall–Kier alpha value is -5.50. The number of aromatic nitrogens is 4. The Bertz CT molecular complexity index is 1990. The topological polar surface area (TPSA) is 97.8 Å². The first-order chi connectivity index (χ1) is 20.4. The number of halogens is 1. The fraction of sp³-hybridized carbons (Fsp3) is 0.0882. The van der Waals surface area contributed by atoms with Gasteiger partial charge in [0.2, 0.25) is 0 Å². The highest BCUT2D eigenvalue weighted by Gasteiger charge is 2.18. The smallest absolute Gasteiger partial charge is 0.200 e. The van der Waals surface area contributed by atoms with E-state index in [9.17, 15) is 14.0 Å². The first-order valence-electron chi connectivity index (χ1n) is 13.3. The zero-order valence-electron chi connectivity index (χ0n) is 22.9. The van der Waals surface area contributed by atoms with Crippen LogP contribution in [0.1, 0.15) is 27.3 Å². The van der Waals surface area contributed by atoms with Crippen molar-refractivity contribution in [3.63, 3.8) is 0 Å². The summed E-state index contributed by atoms with van der Waals surface area (Å²) >= 11 is 0. The van der Waals surface area contributed by atoms with Crippen molar-refractivity contribution in [2.45, 2.75) is 20.3 Å². The number of ketones is 1. The number of hydrogen-bond acceptors (Lipinski definition) is 6. The minimum absolute atomic E-state index is 0.0331. The van der Waals surface area contributed by atoms with Crippen molar-refractivity contribution < 1.29 is 13.9 Å². The number of pyridine rings is 4. The summed E-state index contributed by atoms with van der Waals surface area (Å²) < 4.78 is 19.6. The van der Waals surface area contributed by atoms with Crippen molar-refractivity contribution in [2.75, 3.05) is 0 Å². The molecule has 0 bridgehead atoms. The standard InChI is InChI=1S/C34H25FN4O3/c1-20-27(24-4-3-14-36-18-24)17-29-33(39-20)31(13-15-37-29)42-26-11-5-22(6-12-26)16-30(40)28-19-38-21(2)32(34(28)41)23-7-9-25(35)10-8-23/h3-15,17-19H,16H2,1-2H3,(H,38,41). The van der Waals surface area contributed by atoms with Gasteiger partial charge in [-0.15, -0.1) is 0 Å². The number of carbonyl (C=O) groups is 1. The van der Waals surface area contributed by atoms with E-state index in [4.69, 9.17) is 9.72 Å². The predicted molar refractivity (Wildman–Crippen MR) is 159 cm³/mol. The number of benzene rings is 2. The molecule has 0 saturated carbocycles. The maximum absolute atomic E-state index is 13.4. The van der Waals surface area contributed by atoms with Crippen molar-refractivity contribution in [1.29, 1.82) is 0 Å². The third kappa shape index (κ3) is 5.30. The number of aromatic amines is 1. The molecule has 0 amide bonds. The number of nitrogens with zero attached hydrogens (tertiary/aromatic N) is 3. The zero-order chi connectivity index (χ0) is 29.2. The summed E-state index contributed by atoms with van der Waals surface area (Å²) in [6.07, 6.45) is 6.67. The Morgan fingerprint density at radius 3 is 2.48 bits per heavy atom. The van der Waals surface area contributed by atoms with Crippen molar-refractivity contribution in [3.8, 4) is 33.8 Å². The molecule has 0 radical (unpaired) electrons. The quantitative estimate of drug-likeness (QED) is 0.212. The van der Waals surface area contributed by atoms with Gasteiger partial charge < -0.3 is 9.72 Å². The molecule has 0 aliphatic rings. The first-order valence-corrected chi connectivity index (χ1v) is 13.3. The lowest BCUT2D eigenvalue weighted by Gasteiger charge is -2.12. The van der Waals surface area contributed by atoms with E-state index in [1.54, 1.807) is 55.8 Å². The van der Waals surface area contributed by atoms with Crippen molar-refractivity contribution in [2.24, 2.45) is 0 Å². The molecule has 0 spiro atoms. The summed E-state index contributed by atoms with van der Waals surface area (Å²) in [5.74, 6) is 0.411. The number of carbonyl (C=O) groups excluding carboxylic acids is 1. The maximum Gasteiger partial charge on any atom is 0.200 e. The van der Waals surface area contributed by atoms with Gasteiger partial charge in [-0.2, -0.15) is 0 Å². The fourth-order valence-corrected chi connectivity index (χ4v) is 4.91. The van der Waals surface area contributed by atoms with Crippen LogP contribution < -0.4 is 10.2 Å². The minimum atomic E-state index is -0.397. The second-order valence-electron chi connectivity index (χ2n) is 9.92. The van der Waals surface area contributed by atoms with E-state index in [0.29, 0.717) is 39.4 Å². The maximum atomic E-state index is 13.4. The van der Waals surface area contributed by atoms with Gasteiger partial charge in [-0.1, -0.05) is 30.3 Å². The summed E-state index contributed by atoms with van der Waals surface area (Å²) in [7, 11) is 0. The van der Waals surface area contributed by atoms with Gasteiger partial charge in [-0.05, 0) is 61.4 Å². The molecule has 4 heterocycles. The molecule has 6 rings (SSSR count). The summed E-state index contributed by atoms with van der Waals surface area (Å²) in [5.41, 5.74) is 5.97. The molecular weight excluding hydrogens is 531 g/mol. The summed E-state index contributed by atoms with van der Waals surface area (Å²) in [4.78, 5) is 42.8. The second kappa shape index (κ2) is 11.2. The molecule has 7 nitrogen and oxygen atoms in total. The Balaban J connectivity index is 1.21. The van der Waals surface area contributed by atoms with Crippen molar-refractivity contribution in [3.05, 3.63) is 136 Å². The van der Waals surface area contributed by atoms with Gasteiger partial charge in [-0.3, -0.25) is 19.6 Å². The van der Waals surface area contributed by atoms with Crippen molar-refractivity contribution in [1.82, 2.24) is 19.9 Å². The van der Waals surface area contributed by atoms with Crippen LogP contribution in [0.3, 0.4) is 0 Å². The summed E-state index contributed by atoms with van der Waals surface area (Å²) in [5, 5.41) is 0. The van der Waals surface area contributed by atoms with Gasteiger partial charge >= 0.3 is 0 Å². The summed E-state index contributed by atoms with van der Waals surface area (Å²) in [6.45, 7) is 3.68. The number of aryl methyl sites for hydroxylation is 2. The normalized spacial score (nSPS) is 11.0. The largest absolute Gasteiger partial charge is 0.455 e. The number of rotatable bonds is 7. The molecule has 1 N–H and O–H groups in total. The van der Waals surface area contributed by atoms with Gasteiger partial charge in [0.15, 0.2) is 17.0 Å². The number of nitrogens with one attached hydrogen (secondary N) is 1. The van der Waals surface area contributed by atoms with Gasteiger partial charge in [0.1, 0.15) is 17.1 Å². The average Bonchev–Trinajstić information content (AvgIpc) is 2.99. The van der Waals surface area contributed by atoms with E-state index in [2.05, 4.69) is 15.0 Å². The van der Waals surface area contributed by atoms with Crippen LogP contribution in [0, 0.1) is 19.7 Å². The monoisotopic (exact) mass is 556 g/mol. The van der Waals surface area contributed by atoms with Crippen LogP contribution in [0.5, 0.6) is 11.5 Å². The molecular formula is C34H25FN4O3. The Labute approximate surface area is 240 Å². The highest BCUT2D eigenvalue weighted by atomic mass is 19.1.